The molecule has 1 aliphatic carbocycles. The van der Waals surface area contributed by atoms with Gasteiger partial charge in [0.15, 0.2) is 0 Å². The van der Waals surface area contributed by atoms with E-state index in [1.54, 1.807) is 0 Å². The average Bonchev–Trinajstić information content (AvgIpc) is 2.86. The second kappa shape index (κ2) is 14.0. The number of hydrogen-bond donors (Lipinski definition) is 0. The van der Waals surface area contributed by atoms with Gasteiger partial charge in [0.2, 0.25) is 0 Å². The summed E-state index contributed by atoms with van der Waals surface area (Å²) in [6, 6.07) is 21.3. The normalized spacial score (nSPS) is 11.4. The molecule has 0 bridgehead atoms. The van der Waals surface area contributed by atoms with Gasteiger partial charge in [-0.2, -0.15) is 6.08 Å². The summed E-state index contributed by atoms with van der Waals surface area (Å²) in [7, 11) is 0.271. The van der Waals surface area contributed by atoms with Crippen LogP contribution in [-0.2, 0) is 26.2 Å². The van der Waals surface area contributed by atoms with Crippen molar-refractivity contribution >= 4 is 19.9 Å². The zero-order valence-electron chi connectivity index (χ0n) is 13.4. The number of rotatable bonds is 2. The third kappa shape index (κ3) is 9.47. The van der Waals surface area contributed by atoms with Crippen molar-refractivity contribution in [3.05, 3.63) is 84.0 Å². The van der Waals surface area contributed by atoms with Crippen molar-refractivity contribution < 1.29 is 51.0 Å². The molecule has 2 radical (unpaired) electrons. The van der Waals surface area contributed by atoms with Gasteiger partial charge < -0.3 is 24.8 Å². The molecule has 23 heavy (non-hydrogen) atoms. The molecule has 0 unspecified atom stereocenters. The van der Waals surface area contributed by atoms with Crippen LogP contribution in [0.15, 0.2) is 77.9 Å². The summed E-state index contributed by atoms with van der Waals surface area (Å²) in [5.74, 6) is 0. The number of allylic oxidation sites excluding steroid dienone is 4. The van der Waals surface area contributed by atoms with Gasteiger partial charge in [-0.3, -0.25) is 6.08 Å². The fourth-order valence-corrected chi connectivity index (χ4v) is 3.15. The molecule has 2 aromatic carbocycles. The molecular formula is C19H20Cl2SiZr. The Kier molecular flexibility index (Phi) is 15.1. The summed E-state index contributed by atoms with van der Waals surface area (Å²) in [5.41, 5.74) is 2.71. The van der Waals surface area contributed by atoms with E-state index in [0.717, 1.165) is 6.42 Å². The smallest absolute Gasteiger partial charge is 1.00 e. The van der Waals surface area contributed by atoms with Gasteiger partial charge in [0.25, 0.3) is 0 Å². The Morgan fingerprint density at radius 1 is 0.783 bits per heavy atom. The Hall–Kier alpha value is -0.400. The summed E-state index contributed by atoms with van der Waals surface area (Å²) in [6.07, 6.45) is 6.41. The molecule has 0 aromatic heterocycles. The Balaban J connectivity index is 0. The van der Waals surface area contributed by atoms with E-state index in [1.165, 1.54) is 21.5 Å². The monoisotopic (exact) mass is 436 g/mol. The largest absolute Gasteiger partial charge is 3.00 e. The molecule has 0 aliphatic heterocycles. The van der Waals surface area contributed by atoms with Crippen molar-refractivity contribution in [3.8, 4) is 0 Å². The van der Waals surface area contributed by atoms with Crippen LogP contribution in [0.5, 0.6) is 0 Å². The number of halogens is 2. The van der Waals surface area contributed by atoms with E-state index < -0.39 is 0 Å². The number of benzene rings is 2. The first-order valence-corrected chi connectivity index (χ1v) is 8.10. The maximum Gasteiger partial charge on any atom is 3.00 e. The molecule has 0 saturated heterocycles. The average molecular weight is 439 g/mol. The second-order valence-corrected chi connectivity index (χ2v) is 6.48. The molecule has 2 aromatic rings. The minimum absolute atomic E-state index is 0. The molecule has 0 amide bonds. The maximum atomic E-state index is 3.19. The Bertz CT molecular complexity index is 542. The predicted molar refractivity (Wildman–Crippen MR) is 90.1 cm³/mol. The molecular weight excluding hydrogens is 418 g/mol. The standard InChI is InChI=1S/C12H11Si.C7H9.2ClH.Zr/c1-3-7-11(8-4-1)13-12-9-5-2-6-10-12;1-6-4-3-5-7(6)2;;;/h1-10,13H;4H,3H2,1-2H3;2*1H;/q;-1;;;+3/p-2. The van der Waals surface area contributed by atoms with Gasteiger partial charge in [-0.25, -0.2) is 11.1 Å². The quantitative estimate of drug-likeness (QED) is 0.350. The molecule has 118 valence electrons. The van der Waals surface area contributed by atoms with Crippen LogP contribution in [0, 0.1) is 6.08 Å². The van der Waals surface area contributed by atoms with Crippen molar-refractivity contribution in [2.24, 2.45) is 0 Å². The van der Waals surface area contributed by atoms with E-state index in [9.17, 15) is 0 Å². The van der Waals surface area contributed by atoms with E-state index >= 15 is 0 Å². The molecule has 0 N–H and O–H groups in total. The zero-order valence-corrected chi connectivity index (χ0v) is 18.5. The van der Waals surface area contributed by atoms with E-state index in [4.69, 9.17) is 0 Å². The van der Waals surface area contributed by atoms with E-state index in [1.807, 2.05) is 0 Å². The first-order chi connectivity index (χ1) is 9.75. The first kappa shape index (κ1) is 24.8. The van der Waals surface area contributed by atoms with Crippen molar-refractivity contribution in [1.29, 1.82) is 0 Å². The summed E-state index contributed by atoms with van der Waals surface area (Å²) >= 11 is 0. The molecule has 0 atom stereocenters. The summed E-state index contributed by atoms with van der Waals surface area (Å²) < 4.78 is 0. The van der Waals surface area contributed by atoms with Crippen LogP contribution in [0.3, 0.4) is 0 Å². The van der Waals surface area contributed by atoms with E-state index in [0.29, 0.717) is 0 Å². The maximum absolute atomic E-state index is 3.19. The first-order valence-electron chi connectivity index (χ1n) is 6.95. The van der Waals surface area contributed by atoms with Gasteiger partial charge in [-0.15, -0.1) is 13.3 Å². The summed E-state index contributed by atoms with van der Waals surface area (Å²) in [5, 5.41) is 2.90. The van der Waals surface area contributed by atoms with E-state index in [-0.39, 0.29) is 60.5 Å². The van der Waals surface area contributed by atoms with Gasteiger partial charge in [0, 0.05) is 0 Å². The van der Waals surface area contributed by atoms with Gasteiger partial charge in [-0.05, 0) is 0 Å². The molecule has 0 fully saturated rings. The van der Waals surface area contributed by atoms with Gasteiger partial charge >= 0.3 is 26.2 Å². The molecule has 0 saturated carbocycles. The van der Waals surface area contributed by atoms with Crippen molar-refractivity contribution in [2.45, 2.75) is 20.3 Å². The molecule has 4 heteroatoms. The number of hydrogen-bond acceptors (Lipinski definition) is 0. The van der Waals surface area contributed by atoms with Crippen LogP contribution >= 0.6 is 0 Å². The van der Waals surface area contributed by atoms with Crippen molar-refractivity contribution in [2.75, 3.05) is 0 Å². The van der Waals surface area contributed by atoms with Gasteiger partial charge in [0.05, 0.1) is 0 Å². The van der Waals surface area contributed by atoms with E-state index in [2.05, 4.69) is 86.7 Å². The zero-order chi connectivity index (χ0) is 14.2. The third-order valence-electron chi connectivity index (χ3n) is 3.30. The molecule has 1 aliphatic rings. The predicted octanol–water partition coefficient (Wildman–Crippen LogP) is -2.83. The van der Waals surface area contributed by atoms with Crippen molar-refractivity contribution in [3.63, 3.8) is 0 Å². The minimum Gasteiger partial charge on any atom is -1.00 e. The van der Waals surface area contributed by atoms with Crippen LogP contribution in [0.2, 0.25) is 0 Å². The molecule has 0 heterocycles. The van der Waals surface area contributed by atoms with Crippen LogP contribution in [0.25, 0.3) is 0 Å². The van der Waals surface area contributed by atoms with Crippen LogP contribution in [0.4, 0.5) is 0 Å². The van der Waals surface area contributed by atoms with Crippen LogP contribution in [-0.4, -0.2) is 9.52 Å². The van der Waals surface area contributed by atoms with Crippen LogP contribution in [0.1, 0.15) is 20.3 Å². The fourth-order valence-electron chi connectivity index (χ4n) is 1.94. The summed E-state index contributed by atoms with van der Waals surface area (Å²) in [4.78, 5) is 0. The Morgan fingerprint density at radius 2 is 1.22 bits per heavy atom. The van der Waals surface area contributed by atoms with Crippen LogP contribution < -0.4 is 35.2 Å². The third-order valence-corrected chi connectivity index (χ3v) is 4.74. The Labute approximate surface area is 174 Å². The van der Waals surface area contributed by atoms with Gasteiger partial charge in [0.1, 0.15) is 9.52 Å². The minimum atomic E-state index is 0. The van der Waals surface area contributed by atoms with Crippen molar-refractivity contribution in [1.82, 2.24) is 0 Å². The SMILES string of the molecule is CC1=[C-]CC=C1C.[Cl-].[Cl-].[Zr+3].c1ccc([SiH]c2ccccc2)cc1. The second-order valence-electron chi connectivity index (χ2n) is 4.86. The molecule has 0 spiro atoms. The summed E-state index contributed by atoms with van der Waals surface area (Å²) in [6.45, 7) is 4.22. The van der Waals surface area contributed by atoms with Gasteiger partial charge in [-0.1, -0.05) is 78.0 Å². The Morgan fingerprint density at radius 3 is 1.48 bits per heavy atom. The topological polar surface area (TPSA) is 0 Å². The molecule has 3 rings (SSSR count). The molecule has 0 nitrogen and oxygen atoms in total. The fraction of sp³-hybridized carbons (Fsp3) is 0.158.